The molecule has 6 nitrogen and oxygen atoms in total. The third-order valence-corrected chi connectivity index (χ3v) is 4.57. The molecule has 1 aromatic heterocycles. The summed E-state index contributed by atoms with van der Waals surface area (Å²) in [7, 11) is 1.64. The van der Waals surface area contributed by atoms with Gasteiger partial charge >= 0.3 is 0 Å². The van der Waals surface area contributed by atoms with Gasteiger partial charge in [0.25, 0.3) is 0 Å². The van der Waals surface area contributed by atoms with E-state index in [2.05, 4.69) is 15.3 Å². The smallest absolute Gasteiger partial charge is 0.243 e. The second kappa shape index (κ2) is 8.03. The number of carbonyl (C=O) groups excluding carboxylic acids is 2. The number of anilines is 1. The summed E-state index contributed by atoms with van der Waals surface area (Å²) in [5, 5.41) is 2.90. The minimum atomic E-state index is -0.202. The highest BCUT2D eigenvalue weighted by atomic mass is 16.2. The summed E-state index contributed by atoms with van der Waals surface area (Å²) in [6.45, 7) is 3.92. The number of amides is 2. The van der Waals surface area contributed by atoms with Gasteiger partial charge in [-0.15, -0.1) is 0 Å². The molecule has 2 aromatic carbocycles. The van der Waals surface area contributed by atoms with Crippen LogP contribution >= 0.6 is 0 Å². The molecule has 27 heavy (non-hydrogen) atoms. The Hall–Kier alpha value is -3.15. The van der Waals surface area contributed by atoms with Crippen LogP contribution in [-0.2, 0) is 16.0 Å². The number of likely N-dealkylation sites (N-methyl/N-ethyl adjacent to an activating group) is 1. The highest BCUT2D eigenvalue weighted by Crippen LogP contribution is 2.19. The number of aromatic nitrogens is 2. The molecule has 2 amide bonds. The normalized spacial score (nSPS) is 10.8. The second-order valence-corrected chi connectivity index (χ2v) is 6.77. The summed E-state index contributed by atoms with van der Waals surface area (Å²) in [6, 6.07) is 13.6. The standard InChI is InChI=1S/C21H24N4O2/c1-14-7-6-8-15(2)21(14)24-19(26)13-25(3)20(27)12-11-18-22-16-9-4-5-10-17(16)23-18/h4-10H,11-13H2,1-3H3,(H,22,23)(H,24,26). The van der Waals surface area contributed by atoms with Crippen LogP contribution in [0.5, 0.6) is 0 Å². The van der Waals surface area contributed by atoms with Gasteiger partial charge < -0.3 is 15.2 Å². The molecule has 0 aliphatic carbocycles. The molecule has 6 heteroatoms. The highest BCUT2D eigenvalue weighted by molar-refractivity contribution is 5.95. The van der Waals surface area contributed by atoms with Crippen LogP contribution in [0.2, 0.25) is 0 Å². The number of imidazole rings is 1. The van der Waals surface area contributed by atoms with Gasteiger partial charge in [0.15, 0.2) is 0 Å². The van der Waals surface area contributed by atoms with E-state index in [1.165, 1.54) is 4.90 Å². The van der Waals surface area contributed by atoms with E-state index in [9.17, 15) is 9.59 Å². The molecular weight excluding hydrogens is 340 g/mol. The Bertz CT molecular complexity index is 924. The van der Waals surface area contributed by atoms with Gasteiger partial charge in [0.1, 0.15) is 5.82 Å². The van der Waals surface area contributed by atoms with E-state index in [1.807, 2.05) is 56.3 Å². The highest BCUT2D eigenvalue weighted by Gasteiger charge is 2.15. The molecule has 0 bridgehead atoms. The van der Waals surface area contributed by atoms with Crippen LogP contribution < -0.4 is 5.32 Å². The first-order valence-corrected chi connectivity index (χ1v) is 8.97. The first-order chi connectivity index (χ1) is 12.9. The van der Waals surface area contributed by atoms with E-state index in [4.69, 9.17) is 0 Å². The van der Waals surface area contributed by atoms with Crippen molar-refractivity contribution in [2.75, 3.05) is 18.9 Å². The van der Waals surface area contributed by atoms with Gasteiger partial charge in [-0.3, -0.25) is 9.59 Å². The van der Waals surface area contributed by atoms with Gasteiger partial charge in [-0.25, -0.2) is 4.98 Å². The number of fused-ring (bicyclic) bond motifs is 1. The first-order valence-electron chi connectivity index (χ1n) is 8.97. The number of rotatable bonds is 6. The molecule has 140 valence electrons. The Morgan fingerprint density at radius 2 is 1.78 bits per heavy atom. The van der Waals surface area contributed by atoms with Crippen molar-refractivity contribution in [2.24, 2.45) is 0 Å². The van der Waals surface area contributed by atoms with Crippen molar-refractivity contribution in [3.8, 4) is 0 Å². The van der Waals surface area contributed by atoms with E-state index in [0.29, 0.717) is 12.8 Å². The van der Waals surface area contributed by atoms with E-state index < -0.39 is 0 Å². The fourth-order valence-corrected chi connectivity index (χ4v) is 3.03. The molecule has 1 heterocycles. The lowest BCUT2D eigenvalue weighted by atomic mass is 10.1. The lowest BCUT2D eigenvalue weighted by Crippen LogP contribution is -2.35. The molecule has 0 unspecified atom stereocenters. The Morgan fingerprint density at radius 3 is 2.48 bits per heavy atom. The predicted molar refractivity (Wildman–Crippen MR) is 107 cm³/mol. The molecule has 3 rings (SSSR count). The minimum absolute atomic E-state index is 0.0206. The lowest BCUT2D eigenvalue weighted by Gasteiger charge is -2.18. The SMILES string of the molecule is Cc1cccc(C)c1NC(=O)CN(C)C(=O)CCc1nc2ccccc2[nH]1. The summed E-state index contributed by atoms with van der Waals surface area (Å²) < 4.78 is 0. The van der Waals surface area contributed by atoms with Crippen LogP contribution in [0.25, 0.3) is 11.0 Å². The average molecular weight is 364 g/mol. The largest absolute Gasteiger partial charge is 0.342 e. The number of benzene rings is 2. The maximum absolute atomic E-state index is 12.4. The second-order valence-electron chi connectivity index (χ2n) is 6.77. The molecule has 0 fully saturated rings. The Kier molecular flexibility index (Phi) is 5.54. The van der Waals surface area contributed by atoms with Crippen molar-refractivity contribution in [3.63, 3.8) is 0 Å². The lowest BCUT2D eigenvalue weighted by molar-refractivity contribution is -0.133. The number of aryl methyl sites for hydroxylation is 3. The van der Waals surface area contributed by atoms with Crippen molar-refractivity contribution in [1.82, 2.24) is 14.9 Å². The number of carbonyl (C=O) groups is 2. The molecule has 0 radical (unpaired) electrons. The zero-order valence-corrected chi connectivity index (χ0v) is 15.9. The number of H-pyrrole nitrogens is 1. The Morgan fingerprint density at radius 1 is 1.07 bits per heavy atom. The summed E-state index contributed by atoms with van der Waals surface area (Å²) in [6.07, 6.45) is 0.809. The van der Waals surface area contributed by atoms with Gasteiger partial charge in [0.05, 0.1) is 17.6 Å². The van der Waals surface area contributed by atoms with E-state index >= 15 is 0 Å². The monoisotopic (exact) mass is 364 g/mol. The van der Waals surface area contributed by atoms with Crippen LogP contribution in [0.4, 0.5) is 5.69 Å². The average Bonchev–Trinajstić information content (AvgIpc) is 3.05. The third-order valence-electron chi connectivity index (χ3n) is 4.57. The molecule has 0 saturated heterocycles. The Labute approximate surface area is 158 Å². The molecule has 3 aromatic rings. The molecule has 0 aliphatic rings. The van der Waals surface area contributed by atoms with Gasteiger partial charge in [-0.1, -0.05) is 30.3 Å². The van der Waals surface area contributed by atoms with Gasteiger partial charge in [-0.2, -0.15) is 0 Å². The zero-order valence-electron chi connectivity index (χ0n) is 15.9. The molecule has 0 atom stereocenters. The van der Waals surface area contributed by atoms with Gasteiger partial charge in [0.2, 0.25) is 11.8 Å². The fourth-order valence-electron chi connectivity index (χ4n) is 3.03. The van der Waals surface area contributed by atoms with Crippen molar-refractivity contribution < 1.29 is 9.59 Å². The number of nitrogens with zero attached hydrogens (tertiary/aromatic N) is 2. The topological polar surface area (TPSA) is 78.1 Å². The summed E-state index contributed by atoms with van der Waals surface area (Å²) in [5.41, 5.74) is 4.66. The summed E-state index contributed by atoms with van der Waals surface area (Å²) in [5.74, 6) is 0.483. The number of para-hydroxylation sites is 3. The third kappa shape index (κ3) is 4.53. The molecule has 0 saturated carbocycles. The van der Waals surface area contributed by atoms with Crippen LogP contribution in [-0.4, -0.2) is 40.3 Å². The van der Waals surface area contributed by atoms with Crippen molar-refractivity contribution in [2.45, 2.75) is 26.7 Å². The van der Waals surface area contributed by atoms with E-state index in [-0.39, 0.29) is 18.4 Å². The number of hydrogen-bond acceptors (Lipinski definition) is 3. The number of nitrogens with one attached hydrogen (secondary N) is 2. The van der Waals surface area contributed by atoms with Gasteiger partial charge in [-0.05, 0) is 37.1 Å². The zero-order chi connectivity index (χ0) is 19.4. The molecule has 2 N–H and O–H groups in total. The van der Waals surface area contributed by atoms with Crippen molar-refractivity contribution >= 4 is 28.5 Å². The molecular formula is C21H24N4O2. The first kappa shape index (κ1) is 18.6. The van der Waals surface area contributed by atoms with Crippen LogP contribution in [0.1, 0.15) is 23.4 Å². The maximum atomic E-state index is 12.4. The molecule has 0 aliphatic heterocycles. The summed E-state index contributed by atoms with van der Waals surface area (Å²) >= 11 is 0. The number of aromatic amines is 1. The minimum Gasteiger partial charge on any atom is -0.342 e. The fraction of sp³-hybridized carbons (Fsp3) is 0.286. The van der Waals surface area contributed by atoms with E-state index in [1.54, 1.807) is 7.05 Å². The maximum Gasteiger partial charge on any atom is 0.243 e. The van der Waals surface area contributed by atoms with Crippen molar-refractivity contribution in [3.05, 3.63) is 59.4 Å². The Balaban J connectivity index is 1.53. The molecule has 0 spiro atoms. The van der Waals surface area contributed by atoms with Crippen molar-refractivity contribution in [1.29, 1.82) is 0 Å². The van der Waals surface area contributed by atoms with E-state index in [0.717, 1.165) is 33.7 Å². The van der Waals surface area contributed by atoms with Crippen LogP contribution in [0.15, 0.2) is 42.5 Å². The number of hydrogen-bond donors (Lipinski definition) is 2. The summed E-state index contributed by atoms with van der Waals surface area (Å²) in [4.78, 5) is 33.8. The van der Waals surface area contributed by atoms with Crippen LogP contribution in [0, 0.1) is 13.8 Å². The quantitative estimate of drug-likeness (QED) is 0.705. The predicted octanol–water partition coefficient (Wildman–Crippen LogP) is 3.21. The van der Waals surface area contributed by atoms with Gasteiger partial charge in [0, 0.05) is 25.6 Å². The van der Waals surface area contributed by atoms with Crippen LogP contribution in [0.3, 0.4) is 0 Å².